The first-order valence-corrected chi connectivity index (χ1v) is 9.70. The fourth-order valence-electron chi connectivity index (χ4n) is 3.93. The van der Waals surface area contributed by atoms with Crippen molar-refractivity contribution in [2.75, 3.05) is 0 Å². The Morgan fingerprint density at radius 1 is 1.14 bits per heavy atom. The van der Waals surface area contributed by atoms with E-state index in [1.165, 1.54) is 5.56 Å². The Hall–Kier alpha value is -2.99. The quantitative estimate of drug-likeness (QED) is 0.528. The van der Waals surface area contributed by atoms with Crippen LogP contribution in [-0.2, 0) is 11.3 Å². The average Bonchev–Trinajstić information content (AvgIpc) is 3.28. The number of ether oxygens (including phenoxy) is 1. The zero-order chi connectivity index (χ0) is 19.1. The summed E-state index contributed by atoms with van der Waals surface area (Å²) < 4.78 is 10.2. The highest BCUT2D eigenvalue weighted by Crippen LogP contribution is 2.38. The Kier molecular flexibility index (Phi) is 4.20. The summed E-state index contributed by atoms with van der Waals surface area (Å²) in [5.74, 6) is 0.930. The third kappa shape index (κ3) is 2.99. The molecule has 142 valence electrons. The molecule has 0 saturated heterocycles. The van der Waals surface area contributed by atoms with Crippen LogP contribution in [0.1, 0.15) is 35.8 Å². The number of imidazole rings is 1. The summed E-state index contributed by atoms with van der Waals surface area (Å²) in [4.78, 5) is 9.32. The van der Waals surface area contributed by atoms with Gasteiger partial charge in [0.2, 0.25) is 0 Å². The fourth-order valence-corrected chi connectivity index (χ4v) is 3.93. The largest absolute Gasteiger partial charge is 0.373 e. The molecule has 5 rings (SSSR count). The highest BCUT2D eigenvalue weighted by molar-refractivity contribution is 5.73. The van der Waals surface area contributed by atoms with Crippen molar-refractivity contribution in [1.82, 2.24) is 24.1 Å². The fraction of sp³-hybridized carbons (Fsp3) is 0.318. The summed E-state index contributed by atoms with van der Waals surface area (Å²) in [5.41, 5.74) is 5.12. The highest BCUT2D eigenvalue weighted by atomic mass is 16.5. The van der Waals surface area contributed by atoms with Crippen molar-refractivity contribution in [3.8, 4) is 11.4 Å². The summed E-state index contributed by atoms with van der Waals surface area (Å²) in [7, 11) is 0. The first kappa shape index (κ1) is 17.1. The molecule has 1 aliphatic rings. The van der Waals surface area contributed by atoms with Crippen LogP contribution in [0.15, 0.2) is 55.0 Å². The molecular formula is C22H23N5O. The number of hydrogen-bond donors (Lipinski definition) is 0. The van der Waals surface area contributed by atoms with E-state index >= 15 is 0 Å². The molecule has 0 spiro atoms. The van der Waals surface area contributed by atoms with Crippen molar-refractivity contribution in [3.05, 3.63) is 71.9 Å². The number of benzene rings is 1. The summed E-state index contributed by atoms with van der Waals surface area (Å²) in [5, 5.41) is 4.51. The van der Waals surface area contributed by atoms with E-state index in [4.69, 9.17) is 9.72 Å². The van der Waals surface area contributed by atoms with E-state index in [9.17, 15) is 0 Å². The minimum Gasteiger partial charge on any atom is -0.373 e. The van der Waals surface area contributed by atoms with Gasteiger partial charge >= 0.3 is 0 Å². The van der Waals surface area contributed by atoms with Crippen molar-refractivity contribution in [3.63, 3.8) is 0 Å². The molecule has 3 aromatic heterocycles. The predicted octanol–water partition coefficient (Wildman–Crippen LogP) is 4.13. The lowest BCUT2D eigenvalue weighted by Gasteiger charge is -2.36. The van der Waals surface area contributed by atoms with E-state index in [0.29, 0.717) is 18.8 Å². The Bertz CT molecular complexity index is 1110. The van der Waals surface area contributed by atoms with Crippen molar-refractivity contribution in [1.29, 1.82) is 0 Å². The second kappa shape index (κ2) is 6.87. The average molecular weight is 373 g/mol. The predicted molar refractivity (Wildman–Crippen MR) is 107 cm³/mol. The van der Waals surface area contributed by atoms with Crippen LogP contribution in [0.25, 0.3) is 17.0 Å². The normalized spacial score (nSPS) is 19.1. The molecule has 4 aromatic rings. The molecule has 0 bridgehead atoms. The van der Waals surface area contributed by atoms with Gasteiger partial charge in [0.25, 0.3) is 0 Å². The molecule has 0 N–H and O–H groups in total. The number of aryl methyl sites for hydroxylation is 2. The summed E-state index contributed by atoms with van der Waals surface area (Å²) >= 11 is 0. The van der Waals surface area contributed by atoms with Crippen molar-refractivity contribution < 1.29 is 4.74 Å². The molecule has 3 heterocycles. The molecule has 6 nitrogen and oxygen atoms in total. The Morgan fingerprint density at radius 2 is 1.96 bits per heavy atom. The number of aromatic nitrogens is 5. The Labute approximate surface area is 163 Å². The van der Waals surface area contributed by atoms with Crippen LogP contribution in [-0.4, -0.2) is 30.3 Å². The molecule has 0 aliphatic heterocycles. The van der Waals surface area contributed by atoms with E-state index in [0.717, 1.165) is 41.3 Å². The van der Waals surface area contributed by atoms with Crippen molar-refractivity contribution in [2.24, 2.45) is 0 Å². The monoisotopic (exact) mass is 373 g/mol. The Balaban J connectivity index is 1.33. The SMILES string of the molecule is Cc1cc(C)n2ncc(-c3nccn3C3CC(OCc4ccccc4)C3)c2n1. The molecule has 0 radical (unpaired) electrons. The number of hydrogen-bond acceptors (Lipinski definition) is 4. The van der Waals surface area contributed by atoms with Gasteiger partial charge < -0.3 is 9.30 Å². The third-order valence-corrected chi connectivity index (χ3v) is 5.48. The van der Waals surface area contributed by atoms with E-state index in [1.54, 1.807) is 0 Å². The molecule has 0 amide bonds. The maximum Gasteiger partial charge on any atom is 0.166 e. The van der Waals surface area contributed by atoms with E-state index < -0.39 is 0 Å². The minimum atomic E-state index is 0.298. The van der Waals surface area contributed by atoms with Gasteiger partial charge in [-0.3, -0.25) is 0 Å². The second-order valence-corrected chi connectivity index (χ2v) is 7.53. The molecule has 1 saturated carbocycles. The first-order chi connectivity index (χ1) is 13.7. The van der Waals surface area contributed by atoms with Gasteiger partial charge in [-0.15, -0.1) is 0 Å². The van der Waals surface area contributed by atoms with Gasteiger partial charge in [-0.25, -0.2) is 14.5 Å². The van der Waals surface area contributed by atoms with Gasteiger partial charge in [-0.1, -0.05) is 30.3 Å². The van der Waals surface area contributed by atoms with Crippen molar-refractivity contribution >= 4 is 5.65 Å². The molecule has 1 aliphatic carbocycles. The minimum absolute atomic E-state index is 0.298. The van der Waals surface area contributed by atoms with Gasteiger partial charge in [0, 0.05) is 29.8 Å². The molecule has 28 heavy (non-hydrogen) atoms. The zero-order valence-electron chi connectivity index (χ0n) is 16.1. The van der Waals surface area contributed by atoms with Gasteiger partial charge in [0.05, 0.1) is 24.5 Å². The van der Waals surface area contributed by atoms with Crippen LogP contribution < -0.4 is 0 Å². The van der Waals surface area contributed by atoms with Gasteiger partial charge in [0.1, 0.15) is 5.82 Å². The van der Waals surface area contributed by atoms with Crippen LogP contribution in [0.3, 0.4) is 0 Å². The lowest BCUT2D eigenvalue weighted by Crippen LogP contribution is -2.33. The highest BCUT2D eigenvalue weighted by Gasteiger charge is 2.33. The number of nitrogens with zero attached hydrogens (tertiary/aromatic N) is 5. The maximum absolute atomic E-state index is 6.06. The van der Waals surface area contributed by atoms with Gasteiger partial charge in [-0.05, 0) is 38.3 Å². The molecular weight excluding hydrogens is 350 g/mol. The number of fused-ring (bicyclic) bond motifs is 1. The summed E-state index contributed by atoms with van der Waals surface area (Å²) in [6.45, 7) is 4.73. The summed E-state index contributed by atoms with van der Waals surface area (Å²) in [6.07, 6.45) is 8.09. The molecule has 0 atom stereocenters. The zero-order valence-corrected chi connectivity index (χ0v) is 16.1. The summed E-state index contributed by atoms with van der Waals surface area (Å²) in [6, 6.07) is 12.8. The smallest absolute Gasteiger partial charge is 0.166 e. The standard InChI is InChI=1S/C22H23N5O/c1-15-10-16(2)27-22(25-15)20(13-24-27)21-23-8-9-26(21)18-11-19(12-18)28-14-17-6-4-3-5-7-17/h3-10,13,18-19H,11-12,14H2,1-2H3. The molecule has 6 heteroatoms. The van der Waals surface area contributed by atoms with Gasteiger partial charge in [-0.2, -0.15) is 5.10 Å². The van der Waals surface area contributed by atoms with Gasteiger partial charge in [0.15, 0.2) is 5.65 Å². The lowest BCUT2D eigenvalue weighted by atomic mass is 9.88. The molecule has 1 aromatic carbocycles. The van der Waals surface area contributed by atoms with Crippen LogP contribution in [0, 0.1) is 13.8 Å². The van der Waals surface area contributed by atoms with E-state index in [-0.39, 0.29) is 0 Å². The maximum atomic E-state index is 6.06. The van der Waals surface area contributed by atoms with Crippen LogP contribution >= 0.6 is 0 Å². The van der Waals surface area contributed by atoms with E-state index in [1.807, 2.05) is 55.0 Å². The molecule has 1 fully saturated rings. The number of rotatable bonds is 5. The Morgan fingerprint density at radius 3 is 2.79 bits per heavy atom. The first-order valence-electron chi connectivity index (χ1n) is 9.70. The van der Waals surface area contributed by atoms with Crippen molar-refractivity contribution in [2.45, 2.75) is 45.4 Å². The van der Waals surface area contributed by atoms with Crippen LogP contribution in [0.4, 0.5) is 0 Å². The van der Waals surface area contributed by atoms with E-state index in [2.05, 4.69) is 33.0 Å². The third-order valence-electron chi connectivity index (χ3n) is 5.48. The topological polar surface area (TPSA) is 57.2 Å². The lowest BCUT2D eigenvalue weighted by molar-refractivity contribution is -0.0353. The van der Waals surface area contributed by atoms with Crippen LogP contribution in [0.5, 0.6) is 0 Å². The molecule has 0 unspecified atom stereocenters. The second-order valence-electron chi connectivity index (χ2n) is 7.53. The van der Waals surface area contributed by atoms with Crippen LogP contribution in [0.2, 0.25) is 0 Å².